The van der Waals surface area contributed by atoms with Crippen LogP contribution >= 0.6 is 0 Å². The summed E-state index contributed by atoms with van der Waals surface area (Å²) in [4.78, 5) is 28.9. The molecule has 10 aromatic rings. The van der Waals surface area contributed by atoms with Crippen molar-refractivity contribution in [3.05, 3.63) is 180 Å². The van der Waals surface area contributed by atoms with Gasteiger partial charge in [-0.15, -0.1) is 0 Å². The molecular weight excluding hydrogens is 749 g/mol. The van der Waals surface area contributed by atoms with Crippen LogP contribution in [0.15, 0.2) is 159 Å². The van der Waals surface area contributed by atoms with Crippen molar-refractivity contribution in [2.75, 3.05) is 16.4 Å². The Balaban J connectivity index is 0.000000154. The van der Waals surface area contributed by atoms with Crippen LogP contribution in [-0.4, -0.2) is 34.0 Å². The van der Waals surface area contributed by atoms with Crippen LogP contribution in [0.2, 0.25) is 0 Å². The standard InChI is InChI=1S/C24H19N5O2.C24H21N5/c1-28-10-7-17-5-6-18(12-23(17)28)21-13-19(14-22-24(21)26-9-8-25-22)27-15-16-3-2-4-20(11-16)29(30)31;1-29-10-7-17-5-6-18(12-23(17)29)21-13-20(14-22-24(21)27-9-8-26-22)28-15-16-3-2-4-19(25)11-16/h2-14,27H,15H2,1H3;2-14,28H,15,25H2,1H3. The number of nitrogens with two attached hydrogens (primary N) is 1. The predicted octanol–water partition coefficient (Wildman–Crippen LogP) is 10.3. The maximum absolute atomic E-state index is 11.0. The highest BCUT2D eigenvalue weighted by atomic mass is 16.6. The lowest BCUT2D eigenvalue weighted by atomic mass is 10.0. The van der Waals surface area contributed by atoms with Crippen LogP contribution in [-0.2, 0) is 27.2 Å². The molecule has 0 saturated heterocycles. The third kappa shape index (κ3) is 7.77. The fourth-order valence-electron chi connectivity index (χ4n) is 7.55. The number of fused-ring (bicyclic) bond motifs is 4. The number of aromatic nitrogens is 6. The van der Waals surface area contributed by atoms with Crippen LogP contribution < -0.4 is 16.4 Å². The number of non-ortho nitro benzene ring substituents is 1. The molecule has 0 amide bonds. The van der Waals surface area contributed by atoms with Crippen molar-refractivity contribution in [2.45, 2.75) is 13.1 Å². The van der Waals surface area contributed by atoms with Crippen LogP contribution in [0.5, 0.6) is 0 Å². The van der Waals surface area contributed by atoms with Crippen LogP contribution in [0.4, 0.5) is 22.7 Å². The first-order valence-electron chi connectivity index (χ1n) is 19.4. The lowest BCUT2D eigenvalue weighted by molar-refractivity contribution is -0.384. The van der Waals surface area contributed by atoms with Crippen molar-refractivity contribution in [1.82, 2.24) is 29.1 Å². The molecule has 0 bridgehead atoms. The van der Waals surface area contributed by atoms with Crippen molar-refractivity contribution in [2.24, 2.45) is 14.1 Å². The fraction of sp³-hybridized carbons (Fsp3) is 0.0833. The normalized spacial score (nSPS) is 11.2. The summed E-state index contributed by atoms with van der Waals surface area (Å²) < 4.78 is 4.23. The minimum atomic E-state index is -0.382. The average Bonchev–Trinajstić information content (AvgIpc) is 3.85. The van der Waals surface area contributed by atoms with E-state index in [1.165, 1.54) is 22.4 Å². The zero-order chi connectivity index (χ0) is 41.2. The number of nitrogens with one attached hydrogen (secondary N) is 2. The van der Waals surface area contributed by atoms with E-state index in [1.807, 2.05) is 49.6 Å². The SMILES string of the molecule is Cn1ccc2ccc(-c3cc(NCc4cccc(N)c4)cc4nccnc34)cc21.Cn1ccc2ccc(-c3cc(NCc4cccc([N+](=O)[O-])c4)cc4nccnc34)cc21. The summed E-state index contributed by atoms with van der Waals surface area (Å²) in [7, 11) is 4.09. The Labute approximate surface area is 345 Å². The average molecular weight is 789 g/mol. The summed E-state index contributed by atoms with van der Waals surface area (Å²) in [5.74, 6) is 0. The Morgan fingerprint density at radius 1 is 0.583 bits per heavy atom. The second-order valence-corrected chi connectivity index (χ2v) is 14.7. The molecule has 0 aliphatic heterocycles. The molecule has 4 N–H and O–H groups in total. The molecule has 0 aliphatic carbocycles. The van der Waals surface area contributed by atoms with E-state index in [9.17, 15) is 10.1 Å². The molecule has 6 aromatic carbocycles. The van der Waals surface area contributed by atoms with E-state index in [0.29, 0.717) is 13.1 Å². The molecule has 0 spiro atoms. The largest absolute Gasteiger partial charge is 0.399 e. The van der Waals surface area contributed by atoms with Gasteiger partial charge in [0.05, 0.1) is 27.0 Å². The lowest BCUT2D eigenvalue weighted by Crippen LogP contribution is -2.01. The first-order chi connectivity index (χ1) is 29.3. The van der Waals surface area contributed by atoms with E-state index in [0.717, 1.165) is 78.0 Å². The molecule has 0 aliphatic rings. The third-order valence-corrected chi connectivity index (χ3v) is 10.6. The molecular formula is C48H40N10O2. The van der Waals surface area contributed by atoms with Crippen LogP contribution in [0.3, 0.4) is 0 Å². The highest BCUT2D eigenvalue weighted by Crippen LogP contribution is 2.34. The van der Waals surface area contributed by atoms with E-state index in [4.69, 9.17) is 5.73 Å². The molecule has 0 atom stereocenters. The number of nitrogens with zero attached hydrogens (tertiary/aromatic N) is 7. The van der Waals surface area contributed by atoms with Crippen LogP contribution in [0.25, 0.3) is 66.1 Å². The van der Waals surface area contributed by atoms with Crippen molar-refractivity contribution >= 4 is 66.6 Å². The quantitative estimate of drug-likeness (QED) is 0.0736. The first-order valence-corrected chi connectivity index (χ1v) is 19.4. The number of hydrogen-bond donors (Lipinski definition) is 3. The van der Waals surface area contributed by atoms with Gasteiger partial charge in [-0.3, -0.25) is 30.1 Å². The minimum Gasteiger partial charge on any atom is -0.399 e. The van der Waals surface area contributed by atoms with Gasteiger partial charge in [0.25, 0.3) is 5.69 Å². The van der Waals surface area contributed by atoms with Crippen molar-refractivity contribution < 1.29 is 4.92 Å². The van der Waals surface area contributed by atoms with Crippen molar-refractivity contribution in [3.63, 3.8) is 0 Å². The van der Waals surface area contributed by atoms with E-state index in [1.54, 1.807) is 36.9 Å². The van der Waals surface area contributed by atoms with Gasteiger partial charge in [0.15, 0.2) is 0 Å². The van der Waals surface area contributed by atoms with Gasteiger partial charge in [0.1, 0.15) is 0 Å². The smallest absolute Gasteiger partial charge is 0.269 e. The molecule has 10 rings (SSSR count). The Morgan fingerprint density at radius 2 is 1.08 bits per heavy atom. The molecule has 12 nitrogen and oxygen atoms in total. The highest BCUT2D eigenvalue weighted by Gasteiger charge is 2.13. The number of rotatable bonds is 9. The predicted molar refractivity (Wildman–Crippen MR) is 242 cm³/mol. The summed E-state index contributed by atoms with van der Waals surface area (Å²) in [6.07, 6.45) is 11.0. The maximum Gasteiger partial charge on any atom is 0.269 e. The van der Waals surface area contributed by atoms with Gasteiger partial charge in [-0.2, -0.15) is 0 Å². The van der Waals surface area contributed by atoms with Gasteiger partial charge in [0, 0.05) is 116 Å². The number of hydrogen-bond acceptors (Lipinski definition) is 9. The topological polar surface area (TPSA) is 155 Å². The molecule has 0 fully saturated rings. The van der Waals surface area contributed by atoms with Gasteiger partial charge >= 0.3 is 0 Å². The monoisotopic (exact) mass is 788 g/mol. The number of nitro groups is 1. The molecule has 12 heteroatoms. The van der Waals surface area contributed by atoms with Gasteiger partial charge in [0.2, 0.25) is 0 Å². The zero-order valence-electron chi connectivity index (χ0n) is 32.9. The Kier molecular flexibility index (Phi) is 10.0. The Hall–Kier alpha value is -8.12. The summed E-state index contributed by atoms with van der Waals surface area (Å²) in [6.45, 7) is 1.15. The lowest BCUT2D eigenvalue weighted by Gasteiger charge is -2.12. The summed E-state index contributed by atoms with van der Waals surface area (Å²) in [5, 5.41) is 20.3. The van der Waals surface area contributed by atoms with Gasteiger partial charge < -0.3 is 25.5 Å². The first kappa shape index (κ1) is 37.5. The van der Waals surface area contributed by atoms with Gasteiger partial charge in [-0.25, -0.2) is 0 Å². The second kappa shape index (κ2) is 16.0. The summed E-state index contributed by atoms with van der Waals surface area (Å²) in [6, 6.07) is 39.8. The summed E-state index contributed by atoms with van der Waals surface area (Å²) in [5.41, 5.74) is 20.5. The number of nitro benzene ring substituents is 1. The number of anilines is 3. The summed E-state index contributed by atoms with van der Waals surface area (Å²) >= 11 is 0. The van der Waals surface area contributed by atoms with E-state index < -0.39 is 0 Å². The van der Waals surface area contributed by atoms with Gasteiger partial charge in [-0.05, 0) is 93.7 Å². The number of aryl methyl sites for hydroxylation is 2. The Bertz CT molecular complexity index is 3210. The number of nitrogen functional groups attached to an aromatic ring is 1. The maximum atomic E-state index is 11.0. The minimum absolute atomic E-state index is 0.0836. The van der Waals surface area contributed by atoms with E-state index in [-0.39, 0.29) is 10.6 Å². The molecule has 60 heavy (non-hydrogen) atoms. The molecule has 0 unspecified atom stereocenters. The molecule has 0 radical (unpaired) electrons. The molecule has 0 saturated carbocycles. The van der Waals surface area contributed by atoms with Crippen LogP contribution in [0, 0.1) is 10.1 Å². The highest BCUT2D eigenvalue weighted by molar-refractivity contribution is 5.98. The zero-order valence-corrected chi connectivity index (χ0v) is 32.9. The second-order valence-electron chi connectivity index (χ2n) is 14.7. The Morgan fingerprint density at radius 3 is 1.60 bits per heavy atom. The van der Waals surface area contributed by atoms with Gasteiger partial charge in [-0.1, -0.05) is 48.5 Å². The van der Waals surface area contributed by atoms with Crippen LogP contribution in [0.1, 0.15) is 11.1 Å². The van der Waals surface area contributed by atoms with Crippen molar-refractivity contribution in [3.8, 4) is 22.3 Å². The molecule has 294 valence electrons. The third-order valence-electron chi connectivity index (χ3n) is 10.6. The van der Waals surface area contributed by atoms with E-state index in [2.05, 4.69) is 120 Å². The fourth-order valence-corrected chi connectivity index (χ4v) is 7.55. The molecule has 4 aromatic heterocycles. The van der Waals surface area contributed by atoms with Crippen molar-refractivity contribution in [1.29, 1.82) is 0 Å². The molecule has 4 heterocycles. The number of benzene rings is 6. The van der Waals surface area contributed by atoms with E-state index >= 15 is 0 Å².